The van der Waals surface area contributed by atoms with Crippen LogP contribution >= 0.6 is 11.6 Å². The molecule has 15 heavy (non-hydrogen) atoms. The molecule has 0 saturated carbocycles. The van der Waals surface area contributed by atoms with E-state index in [4.69, 9.17) is 11.6 Å². The van der Waals surface area contributed by atoms with E-state index in [0.717, 1.165) is 0 Å². The monoisotopic (exact) mass is 236 g/mol. The lowest BCUT2D eigenvalue weighted by Gasteiger charge is -2.03. The van der Waals surface area contributed by atoms with Gasteiger partial charge in [0.05, 0.1) is 5.56 Å². The molecule has 1 rings (SSSR count). The topological polar surface area (TPSA) is 17.1 Å². The van der Waals surface area contributed by atoms with Gasteiger partial charge in [-0.3, -0.25) is 4.79 Å². The molecule has 0 saturated heterocycles. The Bertz CT molecular complexity index is 356. The summed E-state index contributed by atoms with van der Waals surface area (Å²) in [6.07, 6.45) is 0.277. The summed E-state index contributed by atoms with van der Waals surface area (Å²) < 4.78 is 38.6. The van der Waals surface area contributed by atoms with Gasteiger partial charge in [0.15, 0.2) is 5.78 Å². The van der Waals surface area contributed by atoms with Gasteiger partial charge >= 0.3 is 0 Å². The second-order valence-electron chi connectivity index (χ2n) is 2.96. The molecular formula is C10H8ClF3O. The summed E-state index contributed by atoms with van der Waals surface area (Å²) >= 11 is 5.34. The third-order valence-corrected chi connectivity index (χ3v) is 2.09. The Morgan fingerprint density at radius 3 is 2.20 bits per heavy atom. The predicted octanol–water partition coefficient (Wildman–Crippen LogP) is 3.31. The molecule has 0 atom stereocenters. The van der Waals surface area contributed by atoms with Crippen molar-refractivity contribution in [2.45, 2.75) is 12.8 Å². The van der Waals surface area contributed by atoms with Gasteiger partial charge in [0.25, 0.3) is 0 Å². The van der Waals surface area contributed by atoms with E-state index in [0.29, 0.717) is 18.6 Å². The first kappa shape index (κ1) is 12.0. The molecule has 0 aliphatic rings. The SMILES string of the molecule is O=C(CCCCl)c1c(F)cc(F)cc1F. The molecule has 0 spiro atoms. The van der Waals surface area contributed by atoms with Crippen LogP contribution in [0.2, 0.25) is 0 Å². The molecule has 1 nitrogen and oxygen atoms in total. The molecular weight excluding hydrogens is 229 g/mol. The van der Waals surface area contributed by atoms with E-state index >= 15 is 0 Å². The highest BCUT2D eigenvalue weighted by atomic mass is 35.5. The van der Waals surface area contributed by atoms with E-state index < -0.39 is 28.8 Å². The maximum absolute atomic E-state index is 13.1. The van der Waals surface area contributed by atoms with Gasteiger partial charge in [-0.25, -0.2) is 13.2 Å². The maximum Gasteiger partial charge on any atom is 0.168 e. The van der Waals surface area contributed by atoms with Crippen LogP contribution in [-0.2, 0) is 0 Å². The van der Waals surface area contributed by atoms with Crippen molar-refractivity contribution in [1.82, 2.24) is 0 Å². The van der Waals surface area contributed by atoms with E-state index in [1.165, 1.54) is 0 Å². The van der Waals surface area contributed by atoms with E-state index in [-0.39, 0.29) is 12.3 Å². The van der Waals surface area contributed by atoms with Gasteiger partial charge in [0, 0.05) is 24.4 Å². The van der Waals surface area contributed by atoms with Gasteiger partial charge in [-0.15, -0.1) is 11.6 Å². The minimum Gasteiger partial charge on any atom is -0.294 e. The fourth-order valence-corrected chi connectivity index (χ4v) is 1.29. The van der Waals surface area contributed by atoms with Crippen molar-refractivity contribution < 1.29 is 18.0 Å². The van der Waals surface area contributed by atoms with E-state index in [9.17, 15) is 18.0 Å². The molecule has 0 fully saturated rings. The fraction of sp³-hybridized carbons (Fsp3) is 0.300. The van der Waals surface area contributed by atoms with Crippen LogP contribution in [0, 0.1) is 17.5 Å². The number of carbonyl (C=O) groups excluding carboxylic acids is 1. The number of alkyl halides is 1. The first-order valence-electron chi connectivity index (χ1n) is 4.30. The Labute approximate surface area is 89.9 Å². The summed E-state index contributed by atoms with van der Waals surface area (Å²) in [7, 11) is 0. The molecule has 82 valence electrons. The second kappa shape index (κ2) is 5.16. The Balaban J connectivity index is 2.98. The molecule has 0 radical (unpaired) electrons. The highest BCUT2D eigenvalue weighted by molar-refractivity contribution is 6.18. The average molecular weight is 237 g/mol. The molecule has 5 heteroatoms. The quantitative estimate of drug-likeness (QED) is 0.579. The van der Waals surface area contributed by atoms with Crippen molar-refractivity contribution in [3.05, 3.63) is 35.1 Å². The minimum absolute atomic E-state index is 0.0526. The van der Waals surface area contributed by atoms with Crippen molar-refractivity contribution in [2.24, 2.45) is 0 Å². The summed E-state index contributed by atoms with van der Waals surface area (Å²) in [5, 5.41) is 0. The van der Waals surface area contributed by atoms with Crippen molar-refractivity contribution in [1.29, 1.82) is 0 Å². The van der Waals surface area contributed by atoms with Crippen LogP contribution in [0.4, 0.5) is 13.2 Å². The highest BCUT2D eigenvalue weighted by Crippen LogP contribution is 2.17. The number of Topliss-reactive ketones (excluding diaryl/α,β-unsaturated/α-hetero) is 1. The zero-order valence-electron chi connectivity index (χ0n) is 7.70. The van der Waals surface area contributed by atoms with Crippen LogP contribution in [0.1, 0.15) is 23.2 Å². The van der Waals surface area contributed by atoms with Crippen LogP contribution in [-0.4, -0.2) is 11.7 Å². The van der Waals surface area contributed by atoms with Gasteiger partial charge in [-0.2, -0.15) is 0 Å². The molecule has 0 N–H and O–H groups in total. The van der Waals surface area contributed by atoms with Crippen molar-refractivity contribution in [2.75, 3.05) is 5.88 Å². The largest absolute Gasteiger partial charge is 0.294 e. The number of ketones is 1. The molecule has 0 amide bonds. The fourth-order valence-electron chi connectivity index (χ4n) is 1.16. The van der Waals surface area contributed by atoms with Gasteiger partial charge in [-0.05, 0) is 6.42 Å². The summed E-state index contributed by atoms with van der Waals surface area (Å²) in [5.74, 6) is -3.86. The van der Waals surface area contributed by atoms with Crippen LogP contribution in [0.15, 0.2) is 12.1 Å². The molecule has 1 aromatic carbocycles. The molecule has 0 aliphatic heterocycles. The lowest BCUT2D eigenvalue weighted by Crippen LogP contribution is -2.07. The average Bonchev–Trinajstić information content (AvgIpc) is 2.12. The number of rotatable bonds is 4. The van der Waals surface area contributed by atoms with Crippen molar-refractivity contribution in [3.63, 3.8) is 0 Å². The van der Waals surface area contributed by atoms with Crippen LogP contribution in [0.25, 0.3) is 0 Å². The third-order valence-electron chi connectivity index (χ3n) is 1.82. The first-order valence-corrected chi connectivity index (χ1v) is 4.83. The molecule has 0 unspecified atom stereocenters. The molecule has 0 heterocycles. The highest BCUT2D eigenvalue weighted by Gasteiger charge is 2.18. The van der Waals surface area contributed by atoms with E-state index in [1.54, 1.807) is 0 Å². The zero-order valence-corrected chi connectivity index (χ0v) is 8.45. The van der Waals surface area contributed by atoms with Crippen LogP contribution in [0.3, 0.4) is 0 Å². The zero-order chi connectivity index (χ0) is 11.4. The first-order chi connectivity index (χ1) is 7.06. The lowest BCUT2D eigenvalue weighted by atomic mass is 10.1. The lowest BCUT2D eigenvalue weighted by molar-refractivity contribution is 0.0973. The van der Waals surface area contributed by atoms with Crippen LogP contribution in [0.5, 0.6) is 0 Å². The normalized spacial score (nSPS) is 10.4. The summed E-state index contributed by atoms with van der Waals surface area (Å²) in [4.78, 5) is 11.3. The number of hydrogen-bond donors (Lipinski definition) is 0. The number of halogens is 4. The Morgan fingerprint density at radius 2 is 1.73 bits per heavy atom. The van der Waals surface area contributed by atoms with Crippen molar-refractivity contribution >= 4 is 17.4 Å². The molecule has 1 aromatic rings. The van der Waals surface area contributed by atoms with Crippen molar-refractivity contribution in [3.8, 4) is 0 Å². The number of carbonyl (C=O) groups is 1. The molecule has 0 bridgehead atoms. The second-order valence-corrected chi connectivity index (χ2v) is 3.34. The smallest absolute Gasteiger partial charge is 0.168 e. The van der Waals surface area contributed by atoms with E-state index in [1.807, 2.05) is 0 Å². The number of hydrogen-bond acceptors (Lipinski definition) is 1. The Hall–Kier alpha value is -1.03. The van der Waals surface area contributed by atoms with Gasteiger partial charge in [-0.1, -0.05) is 0 Å². The number of benzene rings is 1. The molecule has 0 aromatic heterocycles. The van der Waals surface area contributed by atoms with Gasteiger partial charge < -0.3 is 0 Å². The van der Waals surface area contributed by atoms with Gasteiger partial charge in [0.1, 0.15) is 17.5 Å². The maximum atomic E-state index is 13.1. The Kier molecular flexibility index (Phi) is 4.15. The minimum atomic E-state index is -1.17. The van der Waals surface area contributed by atoms with E-state index in [2.05, 4.69) is 0 Å². The molecule has 0 aliphatic carbocycles. The standard InChI is InChI=1S/C10H8ClF3O/c11-3-1-2-9(15)10-7(13)4-6(12)5-8(10)14/h4-5H,1-3H2. The third kappa shape index (κ3) is 2.96. The predicted molar refractivity (Wildman–Crippen MR) is 50.6 cm³/mol. The van der Waals surface area contributed by atoms with Gasteiger partial charge in [0.2, 0.25) is 0 Å². The Morgan fingerprint density at radius 1 is 1.20 bits per heavy atom. The van der Waals surface area contributed by atoms with Crippen LogP contribution < -0.4 is 0 Å². The summed E-state index contributed by atoms with van der Waals surface area (Å²) in [5.41, 5.74) is -0.693. The summed E-state index contributed by atoms with van der Waals surface area (Å²) in [6.45, 7) is 0. The summed E-state index contributed by atoms with van der Waals surface area (Å²) in [6, 6.07) is 0.966.